The molecule has 1 aliphatic rings. The molecule has 5 heteroatoms. The molecule has 21 heavy (non-hydrogen) atoms. The Kier molecular flexibility index (Phi) is 4.01. The molecular formula is C16H14BrFN2O. The molecule has 1 saturated carbocycles. The predicted molar refractivity (Wildman–Crippen MR) is 81.2 cm³/mol. The van der Waals surface area contributed by atoms with Crippen molar-refractivity contribution in [1.29, 1.82) is 0 Å². The Morgan fingerprint density at radius 2 is 2.00 bits per heavy atom. The van der Waals surface area contributed by atoms with Crippen LogP contribution in [0.15, 0.2) is 47.2 Å². The lowest BCUT2D eigenvalue weighted by Crippen LogP contribution is -2.32. The van der Waals surface area contributed by atoms with Crippen LogP contribution in [0, 0.1) is 5.82 Å². The van der Waals surface area contributed by atoms with Crippen molar-refractivity contribution in [2.24, 2.45) is 0 Å². The second-order valence-corrected chi connectivity index (χ2v) is 6.00. The average Bonchev–Trinajstić information content (AvgIpc) is 3.33. The Balaban J connectivity index is 1.83. The molecule has 1 aromatic heterocycles. The summed E-state index contributed by atoms with van der Waals surface area (Å²) in [5, 5.41) is 0. The molecule has 2 aromatic rings. The van der Waals surface area contributed by atoms with E-state index in [1.165, 1.54) is 6.07 Å². The van der Waals surface area contributed by atoms with Crippen LogP contribution >= 0.6 is 15.9 Å². The lowest BCUT2D eigenvalue weighted by Gasteiger charge is -2.22. The summed E-state index contributed by atoms with van der Waals surface area (Å²) in [5.41, 5.74) is 1.42. The monoisotopic (exact) mass is 348 g/mol. The molecule has 0 unspecified atom stereocenters. The largest absolute Gasteiger partial charge is 0.331 e. The molecule has 0 radical (unpaired) electrons. The summed E-state index contributed by atoms with van der Waals surface area (Å²) in [6.45, 7) is 0.531. The van der Waals surface area contributed by atoms with E-state index in [4.69, 9.17) is 0 Å². The number of amides is 1. The number of carbonyl (C=O) groups excluding carboxylic acids is 1. The molecule has 3 nitrogen and oxygen atoms in total. The van der Waals surface area contributed by atoms with E-state index in [1.54, 1.807) is 24.5 Å². The van der Waals surface area contributed by atoms with Crippen LogP contribution in [0.1, 0.15) is 28.8 Å². The molecule has 1 aromatic carbocycles. The van der Waals surface area contributed by atoms with Gasteiger partial charge in [0.1, 0.15) is 5.82 Å². The van der Waals surface area contributed by atoms with Gasteiger partial charge in [0.2, 0.25) is 0 Å². The topological polar surface area (TPSA) is 33.2 Å². The Bertz CT molecular complexity index is 659. The van der Waals surface area contributed by atoms with Gasteiger partial charge in [0, 0.05) is 30.5 Å². The van der Waals surface area contributed by atoms with E-state index in [0.717, 1.165) is 18.4 Å². The Morgan fingerprint density at radius 1 is 1.29 bits per heavy atom. The zero-order valence-corrected chi connectivity index (χ0v) is 12.9. The number of pyridine rings is 1. The van der Waals surface area contributed by atoms with Crippen molar-refractivity contribution in [1.82, 2.24) is 9.88 Å². The van der Waals surface area contributed by atoms with Gasteiger partial charge in [0.25, 0.3) is 5.91 Å². The first kappa shape index (κ1) is 14.2. The predicted octanol–water partition coefficient (Wildman–Crippen LogP) is 3.79. The number of rotatable bonds is 4. The highest BCUT2D eigenvalue weighted by Crippen LogP contribution is 2.30. The van der Waals surface area contributed by atoms with Crippen LogP contribution in [0.25, 0.3) is 0 Å². The number of halogens is 2. The first-order valence-electron chi connectivity index (χ1n) is 6.80. The fraction of sp³-hybridized carbons (Fsp3) is 0.250. The second kappa shape index (κ2) is 5.93. The Hall–Kier alpha value is -1.75. The highest BCUT2D eigenvalue weighted by atomic mass is 79.9. The molecule has 3 rings (SSSR count). The van der Waals surface area contributed by atoms with Crippen LogP contribution in [0.4, 0.5) is 4.39 Å². The fourth-order valence-corrected chi connectivity index (χ4v) is 2.48. The minimum absolute atomic E-state index is 0.124. The molecule has 1 heterocycles. The molecule has 0 saturated heterocycles. The number of nitrogens with zero attached hydrogens (tertiary/aromatic N) is 2. The van der Waals surface area contributed by atoms with Crippen LogP contribution in [0.3, 0.4) is 0 Å². The standard InChI is InChI=1S/C16H14BrFN2O/c17-14-4-1-12(9-15(14)18)16(21)20(13-2-3-13)10-11-5-7-19-8-6-11/h1,4-9,13H,2-3,10H2. The smallest absolute Gasteiger partial charge is 0.254 e. The maximum Gasteiger partial charge on any atom is 0.254 e. The van der Waals surface area contributed by atoms with Crippen molar-refractivity contribution >= 4 is 21.8 Å². The summed E-state index contributed by atoms with van der Waals surface area (Å²) in [4.78, 5) is 18.4. The Morgan fingerprint density at radius 3 is 2.62 bits per heavy atom. The van der Waals surface area contributed by atoms with Gasteiger partial charge >= 0.3 is 0 Å². The summed E-state index contributed by atoms with van der Waals surface area (Å²) in [6, 6.07) is 8.55. The molecule has 1 fully saturated rings. The van der Waals surface area contributed by atoms with E-state index in [2.05, 4.69) is 20.9 Å². The van der Waals surface area contributed by atoms with Crippen LogP contribution in [0.2, 0.25) is 0 Å². The van der Waals surface area contributed by atoms with Gasteiger partial charge in [-0.15, -0.1) is 0 Å². The van der Waals surface area contributed by atoms with Crippen LogP contribution in [0.5, 0.6) is 0 Å². The highest BCUT2D eigenvalue weighted by Gasteiger charge is 2.33. The summed E-state index contributed by atoms with van der Waals surface area (Å²) < 4.78 is 14.0. The fourth-order valence-electron chi connectivity index (χ4n) is 2.23. The summed E-state index contributed by atoms with van der Waals surface area (Å²) >= 11 is 3.10. The number of aromatic nitrogens is 1. The third kappa shape index (κ3) is 3.29. The maximum atomic E-state index is 13.6. The van der Waals surface area contributed by atoms with E-state index in [0.29, 0.717) is 16.6 Å². The lowest BCUT2D eigenvalue weighted by molar-refractivity contribution is 0.0729. The molecule has 0 aliphatic heterocycles. The van der Waals surface area contributed by atoms with Crippen LogP contribution in [-0.2, 0) is 6.54 Å². The zero-order valence-electron chi connectivity index (χ0n) is 11.3. The van der Waals surface area contributed by atoms with Crippen LogP contribution in [-0.4, -0.2) is 21.8 Å². The van der Waals surface area contributed by atoms with Gasteiger partial charge < -0.3 is 4.90 Å². The molecule has 108 valence electrons. The molecule has 0 atom stereocenters. The first-order valence-corrected chi connectivity index (χ1v) is 7.59. The second-order valence-electron chi connectivity index (χ2n) is 5.15. The zero-order chi connectivity index (χ0) is 14.8. The van der Waals surface area contributed by atoms with Gasteiger partial charge in [-0.05, 0) is 64.7 Å². The van der Waals surface area contributed by atoms with E-state index in [9.17, 15) is 9.18 Å². The first-order chi connectivity index (χ1) is 10.1. The maximum absolute atomic E-state index is 13.6. The van der Waals surface area contributed by atoms with E-state index >= 15 is 0 Å². The number of hydrogen-bond donors (Lipinski definition) is 0. The summed E-state index contributed by atoms with van der Waals surface area (Å²) in [5.74, 6) is -0.541. The minimum atomic E-state index is -0.416. The van der Waals surface area contributed by atoms with Crippen LogP contribution < -0.4 is 0 Å². The Labute approximate surface area is 130 Å². The van der Waals surface area contributed by atoms with Gasteiger partial charge in [-0.2, -0.15) is 0 Å². The molecule has 0 bridgehead atoms. The van der Waals surface area contributed by atoms with Gasteiger partial charge in [0.05, 0.1) is 4.47 Å². The van der Waals surface area contributed by atoms with Crippen molar-refractivity contribution in [2.45, 2.75) is 25.4 Å². The third-order valence-electron chi connectivity index (χ3n) is 3.52. The van der Waals surface area contributed by atoms with Crippen molar-refractivity contribution in [3.63, 3.8) is 0 Å². The molecule has 1 amide bonds. The van der Waals surface area contributed by atoms with E-state index in [-0.39, 0.29) is 11.9 Å². The quantitative estimate of drug-likeness (QED) is 0.842. The number of carbonyl (C=O) groups is 1. The lowest BCUT2D eigenvalue weighted by atomic mass is 10.1. The SMILES string of the molecule is O=C(c1ccc(Br)c(F)c1)N(Cc1ccncc1)C1CC1. The average molecular weight is 349 g/mol. The molecule has 0 spiro atoms. The molecule has 0 N–H and O–H groups in total. The summed E-state index contributed by atoms with van der Waals surface area (Å²) in [7, 11) is 0. The third-order valence-corrected chi connectivity index (χ3v) is 4.16. The molecule has 1 aliphatic carbocycles. The van der Waals surface area contributed by atoms with Gasteiger partial charge in [-0.25, -0.2) is 4.39 Å². The van der Waals surface area contributed by atoms with E-state index in [1.807, 2.05) is 17.0 Å². The van der Waals surface area contributed by atoms with Gasteiger partial charge in [0.15, 0.2) is 0 Å². The number of benzene rings is 1. The van der Waals surface area contributed by atoms with Crippen molar-refractivity contribution in [3.05, 3.63) is 64.1 Å². The van der Waals surface area contributed by atoms with Crippen molar-refractivity contribution < 1.29 is 9.18 Å². The van der Waals surface area contributed by atoms with Gasteiger partial charge in [-0.3, -0.25) is 9.78 Å². The highest BCUT2D eigenvalue weighted by molar-refractivity contribution is 9.10. The van der Waals surface area contributed by atoms with Gasteiger partial charge in [-0.1, -0.05) is 0 Å². The minimum Gasteiger partial charge on any atom is -0.331 e. The normalized spacial score (nSPS) is 14.0. The van der Waals surface area contributed by atoms with Crippen molar-refractivity contribution in [3.8, 4) is 0 Å². The summed E-state index contributed by atoms with van der Waals surface area (Å²) in [6.07, 6.45) is 5.44. The van der Waals surface area contributed by atoms with E-state index < -0.39 is 5.82 Å². The molecular weight excluding hydrogens is 335 g/mol. The number of hydrogen-bond acceptors (Lipinski definition) is 2. The van der Waals surface area contributed by atoms with Crippen molar-refractivity contribution in [2.75, 3.05) is 0 Å².